The molecule has 3 aliphatic heterocycles. The standard InChI is InChI=1S/C29H28ClF6N7O3/c1-41-19-5-4-15(8-16(19)20-21(25(41)45)46-13-29(35,36)22(39-20)14-2-3-14)38-23-18(30)9-37-26(40-23)42-7-6-28(33,34)17(10-42)24(44)43-11-27(31,32)12-43/h4-5,8-9,14,17,22,39H,2-3,6-7,10-13H2,1H3,(H,37,38,40)/t17?,22-/m0/s1. The number of aromatic nitrogens is 3. The fourth-order valence-electron chi connectivity index (χ4n) is 6.25. The number of hydrogen-bond donors (Lipinski definition) is 2. The van der Waals surface area contributed by atoms with Crippen molar-refractivity contribution in [1.29, 1.82) is 0 Å². The average Bonchev–Trinajstić information content (AvgIpc) is 3.83. The Labute approximate surface area is 262 Å². The highest BCUT2D eigenvalue weighted by molar-refractivity contribution is 6.33. The molecule has 4 aliphatic rings. The maximum absolute atomic E-state index is 15.0. The van der Waals surface area contributed by atoms with Gasteiger partial charge in [-0.2, -0.15) is 4.98 Å². The molecule has 1 saturated carbocycles. The fourth-order valence-corrected chi connectivity index (χ4v) is 6.39. The van der Waals surface area contributed by atoms with Gasteiger partial charge in [0.25, 0.3) is 17.4 Å². The molecule has 1 aliphatic carbocycles. The van der Waals surface area contributed by atoms with E-state index in [-0.39, 0.29) is 40.7 Å². The van der Waals surface area contributed by atoms with E-state index in [9.17, 15) is 35.9 Å². The predicted molar refractivity (Wildman–Crippen MR) is 157 cm³/mol. The summed E-state index contributed by atoms with van der Waals surface area (Å²) in [6.45, 7) is -3.45. The third-order valence-electron chi connectivity index (χ3n) is 8.97. The molecule has 3 aromatic rings. The molecule has 3 fully saturated rings. The van der Waals surface area contributed by atoms with E-state index in [0.717, 1.165) is 4.90 Å². The molecule has 1 aromatic carbocycles. The van der Waals surface area contributed by atoms with Crippen LogP contribution in [0.5, 0.6) is 5.75 Å². The Hall–Kier alpha value is -3.95. The van der Waals surface area contributed by atoms with E-state index < -0.39 is 73.9 Å². The summed E-state index contributed by atoms with van der Waals surface area (Å²) in [4.78, 5) is 36.4. The summed E-state index contributed by atoms with van der Waals surface area (Å²) < 4.78 is 92.9. The summed E-state index contributed by atoms with van der Waals surface area (Å²) in [5, 5.41) is 6.44. The van der Waals surface area contributed by atoms with Crippen LogP contribution in [0, 0.1) is 11.8 Å². The second-order valence-corrected chi connectivity index (χ2v) is 12.8. The minimum Gasteiger partial charge on any atom is -0.480 e. The number of ether oxygens (including phenoxy) is 1. The number of hydrogen-bond acceptors (Lipinski definition) is 8. The Morgan fingerprint density at radius 1 is 1.13 bits per heavy atom. The van der Waals surface area contributed by atoms with Crippen LogP contribution in [0.3, 0.4) is 0 Å². The van der Waals surface area contributed by atoms with Gasteiger partial charge in [-0.25, -0.2) is 31.3 Å². The maximum Gasteiger partial charge on any atom is 0.301 e. The molecule has 2 N–H and O–H groups in total. The topological polar surface area (TPSA) is 105 Å². The number of piperidine rings is 1. The number of carbonyl (C=O) groups excluding carboxylic acids is 1. The second-order valence-electron chi connectivity index (χ2n) is 12.4. The summed E-state index contributed by atoms with van der Waals surface area (Å²) in [5.74, 6) is -13.1. The quantitative estimate of drug-likeness (QED) is 0.370. The second kappa shape index (κ2) is 10.5. The minimum atomic E-state index is -3.41. The van der Waals surface area contributed by atoms with Gasteiger partial charge < -0.3 is 29.7 Å². The summed E-state index contributed by atoms with van der Waals surface area (Å²) in [7, 11) is 1.50. The molecule has 1 unspecified atom stereocenters. The van der Waals surface area contributed by atoms with Crippen molar-refractivity contribution in [2.45, 2.75) is 43.1 Å². The van der Waals surface area contributed by atoms with Crippen LogP contribution < -0.4 is 25.8 Å². The number of rotatable bonds is 5. The number of aryl methyl sites for hydroxylation is 1. The monoisotopic (exact) mass is 671 g/mol. The van der Waals surface area contributed by atoms with Crippen molar-refractivity contribution in [3.8, 4) is 5.75 Å². The van der Waals surface area contributed by atoms with Gasteiger partial charge in [-0.05, 0) is 37.0 Å². The number of pyridine rings is 1. The molecular formula is C29H28ClF6N7O3. The van der Waals surface area contributed by atoms with Gasteiger partial charge in [0.15, 0.2) is 12.4 Å². The molecule has 5 heterocycles. The van der Waals surface area contributed by atoms with Crippen LogP contribution in [-0.4, -0.2) is 81.9 Å². The normalized spacial score (nSPS) is 24.7. The lowest BCUT2D eigenvalue weighted by Crippen LogP contribution is -2.63. The molecule has 2 atom stereocenters. The Morgan fingerprint density at radius 3 is 2.57 bits per heavy atom. The Bertz CT molecular complexity index is 1800. The van der Waals surface area contributed by atoms with Crippen molar-refractivity contribution < 1.29 is 35.9 Å². The highest BCUT2D eigenvalue weighted by atomic mass is 35.5. The average molecular weight is 672 g/mol. The van der Waals surface area contributed by atoms with Gasteiger partial charge in [0.1, 0.15) is 10.9 Å². The zero-order chi connectivity index (χ0) is 32.8. The lowest BCUT2D eigenvalue weighted by atomic mass is 9.91. The lowest BCUT2D eigenvalue weighted by Gasteiger charge is -2.44. The first-order valence-electron chi connectivity index (χ1n) is 14.7. The molecule has 1 amide bonds. The van der Waals surface area contributed by atoms with Gasteiger partial charge in [-0.3, -0.25) is 9.59 Å². The number of benzene rings is 1. The minimum absolute atomic E-state index is 0.0178. The number of nitrogens with one attached hydrogen (secondary N) is 2. The fraction of sp³-hybridized carbons (Fsp3) is 0.517. The highest BCUT2D eigenvalue weighted by Gasteiger charge is 2.55. The van der Waals surface area contributed by atoms with E-state index in [1.807, 2.05) is 0 Å². The molecule has 0 spiro atoms. The SMILES string of the molecule is Cn1c(=O)c2c(c3cc(Nc4nc(N5CCC(F)(F)C(C(=O)N6CC(F)(F)C6)C5)ncc4Cl)ccc31)N[C@@H](C1CC1)C(F)(F)CO2. The smallest absolute Gasteiger partial charge is 0.301 e. The highest BCUT2D eigenvalue weighted by Crippen LogP contribution is 2.46. The number of fused-ring (bicyclic) bond motifs is 3. The van der Waals surface area contributed by atoms with Gasteiger partial charge in [-0.1, -0.05) is 11.6 Å². The first-order chi connectivity index (χ1) is 21.6. The van der Waals surface area contributed by atoms with Gasteiger partial charge in [0.05, 0.1) is 36.5 Å². The van der Waals surface area contributed by atoms with Crippen LogP contribution in [0.1, 0.15) is 19.3 Å². The molecule has 0 bridgehead atoms. The first-order valence-corrected chi connectivity index (χ1v) is 15.0. The summed E-state index contributed by atoms with van der Waals surface area (Å²) in [6.07, 6.45) is 1.79. The third-order valence-corrected chi connectivity index (χ3v) is 9.25. The zero-order valence-electron chi connectivity index (χ0n) is 24.3. The van der Waals surface area contributed by atoms with E-state index in [4.69, 9.17) is 16.3 Å². The molecule has 2 saturated heterocycles. The number of alkyl halides is 6. The van der Waals surface area contributed by atoms with Gasteiger partial charge in [0, 0.05) is 37.6 Å². The number of halogens is 7. The van der Waals surface area contributed by atoms with Crippen molar-refractivity contribution in [2.24, 2.45) is 18.9 Å². The van der Waals surface area contributed by atoms with E-state index in [1.165, 1.54) is 22.7 Å². The number of anilines is 4. The van der Waals surface area contributed by atoms with E-state index in [1.54, 1.807) is 18.2 Å². The molecule has 2 aromatic heterocycles. The summed E-state index contributed by atoms with van der Waals surface area (Å²) in [6, 6.07) is 3.64. The largest absolute Gasteiger partial charge is 0.480 e. The first kappa shape index (κ1) is 30.7. The van der Waals surface area contributed by atoms with E-state index in [2.05, 4.69) is 20.6 Å². The van der Waals surface area contributed by atoms with Gasteiger partial charge >= 0.3 is 5.92 Å². The lowest BCUT2D eigenvalue weighted by molar-refractivity contribution is -0.181. The number of likely N-dealkylation sites (tertiary alicyclic amines) is 1. The zero-order valence-corrected chi connectivity index (χ0v) is 25.1. The van der Waals surface area contributed by atoms with E-state index in [0.29, 0.717) is 29.4 Å². The number of nitrogens with zero attached hydrogens (tertiary/aromatic N) is 5. The molecule has 246 valence electrons. The molecular weight excluding hydrogens is 644 g/mol. The van der Waals surface area contributed by atoms with Crippen molar-refractivity contribution in [1.82, 2.24) is 19.4 Å². The molecule has 10 nitrogen and oxygen atoms in total. The summed E-state index contributed by atoms with van der Waals surface area (Å²) >= 11 is 6.38. The van der Waals surface area contributed by atoms with Crippen LogP contribution in [-0.2, 0) is 11.8 Å². The Kier molecular flexibility index (Phi) is 7.03. The van der Waals surface area contributed by atoms with Crippen LogP contribution in [0.2, 0.25) is 5.02 Å². The molecule has 0 radical (unpaired) electrons. The van der Waals surface area contributed by atoms with Crippen LogP contribution in [0.15, 0.2) is 29.2 Å². The van der Waals surface area contributed by atoms with Crippen LogP contribution in [0.25, 0.3) is 10.9 Å². The van der Waals surface area contributed by atoms with Crippen LogP contribution in [0.4, 0.5) is 49.5 Å². The Morgan fingerprint density at radius 2 is 1.87 bits per heavy atom. The van der Waals surface area contributed by atoms with Gasteiger partial charge in [0.2, 0.25) is 17.6 Å². The summed E-state index contributed by atoms with van der Waals surface area (Å²) in [5.41, 5.74) is 0.426. The maximum atomic E-state index is 15.0. The third kappa shape index (κ3) is 5.33. The Balaban J connectivity index is 1.18. The van der Waals surface area contributed by atoms with Crippen molar-refractivity contribution in [2.75, 3.05) is 48.3 Å². The van der Waals surface area contributed by atoms with Crippen LogP contribution >= 0.6 is 11.6 Å². The number of amides is 1. The predicted octanol–water partition coefficient (Wildman–Crippen LogP) is 4.88. The molecule has 17 heteroatoms. The molecule has 7 rings (SSSR count). The van der Waals surface area contributed by atoms with Crippen molar-refractivity contribution in [3.05, 3.63) is 39.8 Å². The van der Waals surface area contributed by atoms with E-state index >= 15 is 0 Å². The molecule has 46 heavy (non-hydrogen) atoms. The number of carbonyl (C=O) groups is 1. The van der Waals surface area contributed by atoms with Crippen molar-refractivity contribution in [3.63, 3.8) is 0 Å². The van der Waals surface area contributed by atoms with Gasteiger partial charge in [-0.15, -0.1) is 0 Å². The van der Waals surface area contributed by atoms with Crippen molar-refractivity contribution >= 4 is 51.6 Å².